The minimum absolute atomic E-state index is 0.00972. The van der Waals surface area contributed by atoms with Crippen LogP contribution in [0.15, 0.2) is 33.6 Å². The van der Waals surface area contributed by atoms with Crippen LogP contribution in [0.3, 0.4) is 0 Å². The van der Waals surface area contributed by atoms with Crippen LogP contribution in [0, 0.1) is 0 Å². The summed E-state index contributed by atoms with van der Waals surface area (Å²) >= 11 is 3.20. The Kier molecular flexibility index (Phi) is 7.14. The SMILES string of the molecule is O=C(CCNS(=O)(=O)c1cccc(Br)c1)NCCCO. The lowest BCUT2D eigenvalue weighted by molar-refractivity contribution is -0.120. The summed E-state index contributed by atoms with van der Waals surface area (Å²) in [6.45, 7) is 0.420. The second-order valence-electron chi connectivity index (χ2n) is 4.03. The largest absolute Gasteiger partial charge is 0.396 e. The van der Waals surface area contributed by atoms with E-state index in [1.165, 1.54) is 12.1 Å². The number of carbonyl (C=O) groups is 1. The Morgan fingerprint density at radius 3 is 2.70 bits per heavy atom. The Morgan fingerprint density at radius 2 is 2.05 bits per heavy atom. The molecule has 0 radical (unpaired) electrons. The number of carbonyl (C=O) groups excluding carboxylic acids is 1. The van der Waals surface area contributed by atoms with E-state index in [1.54, 1.807) is 12.1 Å². The molecule has 0 saturated heterocycles. The van der Waals surface area contributed by atoms with E-state index in [-0.39, 0.29) is 30.4 Å². The van der Waals surface area contributed by atoms with Crippen molar-refractivity contribution in [2.45, 2.75) is 17.7 Å². The van der Waals surface area contributed by atoms with Crippen LogP contribution < -0.4 is 10.0 Å². The molecule has 1 aromatic rings. The van der Waals surface area contributed by atoms with Gasteiger partial charge in [-0.1, -0.05) is 22.0 Å². The third-order valence-corrected chi connectivity index (χ3v) is 4.36. The zero-order valence-corrected chi connectivity index (χ0v) is 13.2. The third-order valence-electron chi connectivity index (χ3n) is 2.41. The quantitative estimate of drug-likeness (QED) is 0.589. The number of amides is 1. The summed E-state index contributed by atoms with van der Waals surface area (Å²) in [5.41, 5.74) is 0. The van der Waals surface area contributed by atoms with Gasteiger partial charge in [0.25, 0.3) is 0 Å². The van der Waals surface area contributed by atoms with Gasteiger partial charge in [-0.05, 0) is 24.6 Å². The fourth-order valence-electron chi connectivity index (χ4n) is 1.41. The molecule has 8 heteroatoms. The first-order valence-electron chi connectivity index (χ1n) is 6.08. The number of halogens is 1. The second kappa shape index (κ2) is 8.35. The molecule has 0 aliphatic rings. The highest BCUT2D eigenvalue weighted by Gasteiger charge is 2.14. The molecule has 1 aromatic carbocycles. The van der Waals surface area contributed by atoms with Crippen molar-refractivity contribution in [1.82, 2.24) is 10.0 Å². The van der Waals surface area contributed by atoms with Crippen molar-refractivity contribution >= 4 is 31.9 Å². The van der Waals surface area contributed by atoms with Gasteiger partial charge in [0.15, 0.2) is 0 Å². The smallest absolute Gasteiger partial charge is 0.240 e. The summed E-state index contributed by atoms with van der Waals surface area (Å²) in [7, 11) is -3.60. The first-order chi connectivity index (χ1) is 9.45. The highest BCUT2D eigenvalue weighted by molar-refractivity contribution is 9.10. The summed E-state index contributed by atoms with van der Waals surface area (Å²) in [4.78, 5) is 11.5. The molecule has 6 nitrogen and oxygen atoms in total. The molecule has 0 atom stereocenters. The monoisotopic (exact) mass is 364 g/mol. The normalized spacial score (nSPS) is 11.3. The van der Waals surface area contributed by atoms with E-state index < -0.39 is 10.0 Å². The van der Waals surface area contributed by atoms with Crippen LogP contribution in [0.5, 0.6) is 0 Å². The predicted octanol–water partition coefficient (Wildman–Crippen LogP) is 0.616. The molecule has 0 fully saturated rings. The maximum Gasteiger partial charge on any atom is 0.240 e. The molecule has 0 aliphatic carbocycles. The fraction of sp³-hybridized carbons (Fsp3) is 0.417. The van der Waals surface area contributed by atoms with Gasteiger partial charge in [0.2, 0.25) is 15.9 Å². The molecule has 1 rings (SSSR count). The van der Waals surface area contributed by atoms with E-state index in [0.717, 1.165) is 0 Å². The second-order valence-corrected chi connectivity index (χ2v) is 6.71. The molecule has 0 bridgehead atoms. The van der Waals surface area contributed by atoms with Gasteiger partial charge in [0, 0.05) is 30.6 Å². The van der Waals surface area contributed by atoms with Crippen molar-refractivity contribution in [2.24, 2.45) is 0 Å². The molecular weight excluding hydrogens is 348 g/mol. The van der Waals surface area contributed by atoms with Gasteiger partial charge >= 0.3 is 0 Å². The van der Waals surface area contributed by atoms with Gasteiger partial charge in [0.05, 0.1) is 4.90 Å². The summed E-state index contributed by atoms with van der Waals surface area (Å²) in [5, 5.41) is 11.1. The van der Waals surface area contributed by atoms with Crippen LogP contribution in [0.25, 0.3) is 0 Å². The van der Waals surface area contributed by atoms with Gasteiger partial charge in [-0.3, -0.25) is 4.79 Å². The van der Waals surface area contributed by atoms with E-state index in [2.05, 4.69) is 26.0 Å². The molecule has 0 aliphatic heterocycles. The highest BCUT2D eigenvalue weighted by Crippen LogP contribution is 2.15. The van der Waals surface area contributed by atoms with Gasteiger partial charge in [0.1, 0.15) is 0 Å². The highest BCUT2D eigenvalue weighted by atomic mass is 79.9. The van der Waals surface area contributed by atoms with E-state index in [4.69, 9.17) is 5.11 Å². The van der Waals surface area contributed by atoms with E-state index in [0.29, 0.717) is 17.4 Å². The first kappa shape index (κ1) is 17.1. The summed E-state index contributed by atoms with van der Waals surface area (Å²) < 4.78 is 26.9. The van der Waals surface area contributed by atoms with Crippen LogP contribution in [0.1, 0.15) is 12.8 Å². The lowest BCUT2D eigenvalue weighted by Gasteiger charge is -2.07. The number of hydrogen-bond donors (Lipinski definition) is 3. The molecule has 20 heavy (non-hydrogen) atoms. The molecule has 0 aromatic heterocycles. The summed E-state index contributed by atoms with van der Waals surface area (Å²) in [5.74, 6) is -0.254. The standard InChI is InChI=1S/C12H17BrN2O4S/c13-10-3-1-4-11(9-10)20(18,19)15-7-5-12(17)14-6-2-8-16/h1,3-4,9,15-16H,2,5-8H2,(H,14,17). The van der Waals surface area contributed by atoms with E-state index in [1.807, 2.05) is 0 Å². The van der Waals surface area contributed by atoms with Crippen molar-refractivity contribution < 1.29 is 18.3 Å². The number of aliphatic hydroxyl groups excluding tert-OH is 1. The molecular formula is C12H17BrN2O4S. The Bertz CT molecular complexity index is 548. The lowest BCUT2D eigenvalue weighted by atomic mass is 10.4. The fourth-order valence-corrected chi connectivity index (χ4v) is 3.04. The number of rotatable bonds is 8. The van der Waals surface area contributed by atoms with Crippen LogP contribution in [0.4, 0.5) is 0 Å². The molecule has 0 spiro atoms. The van der Waals surface area contributed by atoms with E-state index in [9.17, 15) is 13.2 Å². The Labute approximate surface area is 126 Å². The number of hydrogen-bond acceptors (Lipinski definition) is 4. The Hall–Kier alpha value is -0.960. The maximum atomic E-state index is 11.9. The van der Waals surface area contributed by atoms with Gasteiger partial charge in [-0.2, -0.15) is 0 Å². The van der Waals surface area contributed by atoms with Crippen molar-refractivity contribution in [3.63, 3.8) is 0 Å². The Balaban J connectivity index is 2.43. The van der Waals surface area contributed by atoms with Gasteiger partial charge in [-0.25, -0.2) is 13.1 Å². The maximum absolute atomic E-state index is 11.9. The summed E-state index contributed by atoms with van der Waals surface area (Å²) in [6.07, 6.45) is 0.536. The third kappa shape index (κ3) is 6.00. The van der Waals surface area contributed by atoms with Crippen molar-refractivity contribution in [3.8, 4) is 0 Å². The number of sulfonamides is 1. The van der Waals surface area contributed by atoms with Crippen molar-refractivity contribution in [1.29, 1.82) is 0 Å². The Morgan fingerprint density at radius 1 is 1.30 bits per heavy atom. The molecule has 1 amide bonds. The number of aliphatic hydroxyl groups is 1. The molecule has 0 heterocycles. The number of nitrogens with one attached hydrogen (secondary N) is 2. The zero-order chi connectivity index (χ0) is 15.0. The lowest BCUT2D eigenvalue weighted by Crippen LogP contribution is -2.31. The molecule has 3 N–H and O–H groups in total. The van der Waals surface area contributed by atoms with E-state index >= 15 is 0 Å². The average Bonchev–Trinajstić information content (AvgIpc) is 2.39. The van der Waals surface area contributed by atoms with Crippen LogP contribution in [-0.4, -0.2) is 39.1 Å². The topological polar surface area (TPSA) is 95.5 Å². The minimum atomic E-state index is -3.60. The first-order valence-corrected chi connectivity index (χ1v) is 8.36. The van der Waals surface area contributed by atoms with Gasteiger partial charge < -0.3 is 10.4 Å². The van der Waals surface area contributed by atoms with Crippen molar-refractivity contribution in [3.05, 3.63) is 28.7 Å². The van der Waals surface area contributed by atoms with Crippen molar-refractivity contribution in [2.75, 3.05) is 19.7 Å². The number of benzene rings is 1. The van der Waals surface area contributed by atoms with Crippen LogP contribution in [-0.2, 0) is 14.8 Å². The molecule has 0 saturated carbocycles. The van der Waals surface area contributed by atoms with Crippen LogP contribution in [0.2, 0.25) is 0 Å². The summed E-state index contributed by atoms with van der Waals surface area (Å²) in [6, 6.07) is 6.33. The van der Waals surface area contributed by atoms with Gasteiger partial charge in [-0.15, -0.1) is 0 Å². The average molecular weight is 365 g/mol. The minimum Gasteiger partial charge on any atom is -0.396 e. The van der Waals surface area contributed by atoms with Crippen LogP contribution >= 0.6 is 15.9 Å². The molecule has 0 unspecified atom stereocenters. The zero-order valence-electron chi connectivity index (χ0n) is 10.8. The molecule has 112 valence electrons. The predicted molar refractivity (Wildman–Crippen MR) is 78.7 cm³/mol.